The van der Waals surface area contributed by atoms with Crippen LogP contribution in [0.5, 0.6) is 11.5 Å². The van der Waals surface area contributed by atoms with E-state index in [1.807, 2.05) is 6.07 Å². The summed E-state index contributed by atoms with van der Waals surface area (Å²) < 4.78 is 16.1. The molecule has 1 aromatic rings. The summed E-state index contributed by atoms with van der Waals surface area (Å²) in [5, 5.41) is 3.04. The molecule has 2 saturated heterocycles. The molecule has 24 heavy (non-hydrogen) atoms. The fraction of sp³-hybridized carbons (Fsp3) is 0.611. The van der Waals surface area contributed by atoms with Gasteiger partial charge in [-0.25, -0.2) is 0 Å². The van der Waals surface area contributed by atoms with Gasteiger partial charge in [-0.1, -0.05) is 6.07 Å². The summed E-state index contributed by atoms with van der Waals surface area (Å²) in [7, 11) is 1.67. The first kappa shape index (κ1) is 15.7. The molecule has 3 aliphatic rings. The Kier molecular flexibility index (Phi) is 4.10. The maximum atomic E-state index is 12.1. The first-order chi connectivity index (χ1) is 11.7. The zero-order valence-electron chi connectivity index (χ0n) is 14.0. The number of likely N-dealkylation sites (tertiary alicyclic amines) is 1. The second-order valence-electron chi connectivity index (χ2n) is 7.05. The van der Waals surface area contributed by atoms with Gasteiger partial charge in [0.25, 0.3) is 0 Å². The molecule has 6 nitrogen and oxygen atoms in total. The zero-order chi connectivity index (χ0) is 16.6. The van der Waals surface area contributed by atoms with E-state index in [-0.39, 0.29) is 17.2 Å². The van der Waals surface area contributed by atoms with Gasteiger partial charge < -0.3 is 19.5 Å². The number of hydrogen-bond donors (Lipinski definition) is 1. The standard InChI is InChI=1S/C18H24N2O4/c1-22-10-14-17(21)19-11-18(14)4-6-20(7-5-18)9-13-2-3-15-16(8-13)24-12-23-15/h2-3,8,14H,4-7,9-12H2,1H3,(H,19,21)/t14-/m0/s1. The third-order valence-electron chi connectivity index (χ3n) is 5.70. The van der Waals surface area contributed by atoms with Gasteiger partial charge in [-0.15, -0.1) is 0 Å². The van der Waals surface area contributed by atoms with Crippen LogP contribution in [0.1, 0.15) is 18.4 Å². The predicted molar refractivity (Wildman–Crippen MR) is 87.9 cm³/mol. The second kappa shape index (κ2) is 6.26. The summed E-state index contributed by atoms with van der Waals surface area (Å²) in [6, 6.07) is 6.16. The van der Waals surface area contributed by atoms with Crippen molar-refractivity contribution in [3.05, 3.63) is 23.8 Å². The highest BCUT2D eigenvalue weighted by atomic mass is 16.7. The van der Waals surface area contributed by atoms with Gasteiger partial charge in [0.05, 0.1) is 12.5 Å². The van der Waals surface area contributed by atoms with E-state index in [4.69, 9.17) is 14.2 Å². The lowest BCUT2D eigenvalue weighted by atomic mass is 9.71. The third-order valence-corrected chi connectivity index (χ3v) is 5.70. The minimum atomic E-state index is -0.00445. The Labute approximate surface area is 142 Å². The van der Waals surface area contributed by atoms with Crippen LogP contribution < -0.4 is 14.8 Å². The molecule has 4 rings (SSSR count). The summed E-state index contributed by atoms with van der Waals surface area (Å²) in [5.41, 5.74) is 1.31. The van der Waals surface area contributed by atoms with Crippen molar-refractivity contribution in [1.82, 2.24) is 10.2 Å². The lowest BCUT2D eigenvalue weighted by molar-refractivity contribution is -0.126. The first-order valence-electron chi connectivity index (χ1n) is 8.58. The Balaban J connectivity index is 1.38. The van der Waals surface area contributed by atoms with E-state index in [1.54, 1.807) is 7.11 Å². The smallest absolute Gasteiger partial charge is 0.231 e. The van der Waals surface area contributed by atoms with E-state index in [0.29, 0.717) is 13.4 Å². The molecule has 1 atom stereocenters. The summed E-state index contributed by atoms with van der Waals surface area (Å²) in [5.74, 6) is 1.82. The molecule has 6 heteroatoms. The summed E-state index contributed by atoms with van der Waals surface area (Å²) in [6.07, 6.45) is 2.06. The van der Waals surface area contributed by atoms with E-state index in [2.05, 4.69) is 22.3 Å². The highest BCUT2D eigenvalue weighted by Gasteiger charge is 2.49. The van der Waals surface area contributed by atoms with Gasteiger partial charge in [0.1, 0.15) is 0 Å². The number of hydrogen-bond acceptors (Lipinski definition) is 5. The quantitative estimate of drug-likeness (QED) is 0.903. The van der Waals surface area contributed by atoms with E-state index in [1.165, 1.54) is 5.56 Å². The molecular weight excluding hydrogens is 308 g/mol. The molecule has 1 spiro atoms. The Hall–Kier alpha value is -1.79. The number of amides is 1. The molecule has 3 heterocycles. The Bertz CT molecular complexity index is 625. The highest BCUT2D eigenvalue weighted by Crippen LogP contribution is 2.42. The number of benzene rings is 1. The van der Waals surface area contributed by atoms with Gasteiger partial charge in [-0.05, 0) is 43.6 Å². The van der Waals surface area contributed by atoms with Crippen LogP contribution in [0.4, 0.5) is 0 Å². The third kappa shape index (κ3) is 2.74. The van der Waals surface area contributed by atoms with Gasteiger partial charge in [-0.2, -0.15) is 0 Å². The van der Waals surface area contributed by atoms with Crippen LogP contribution >= 0.6 is 0 Å². The molecule has 1 N–H and O–H groups in total. The number of carbonyl (C=O) groups excluding carboxylic acids is 1. The predicted octanol–water partition coefficient (Wildman–Crippen LogP) is 1.39. The minimum Gasteiger partial charge on any atom is -0.454 e. The van der Waals surface area contributed by atoms with Crippen molar-refractivity contribution in [3.63, 3.8) is 0 Å². The monoisotopic (exact) mass is 332 g/mol. The Morgan fingerprint density at radius 1 is 1.29 bits per heavy atom. The van der Waals surface area contributed by atoms with Gasteiger partial charge in [0, 0.05) is 25.6 Å². The SMILES string of the molecule is COC[C@H]1C(=O)NCC12CCN(Cc1ccc3c(c1)OCO3)CC2. The van der Waals surface area contributed by atoms with Crippen LogP contribution in [0.15, 0.2) is 18.2 Å². The van der Waals surface area contributed by atoms with E-state index in [9.17, 15) is 4.79 Å². The van der Waals surface area contributed by atoms with Crippen LogP contribution in [-0.4, -0.2) is 51.0 Å². The minimum absolute atomic E-state index is 0.00445. The van der Waals surface area contributed by atoms with Crippen molar-refractivity contribution in [2.45, 2.75) is 19.4 Å². The van der Waals surface area contributed by atoms with Gasteiger partial charge in [0.2, 0.25) is 12.7 Å². The zero-order valence-corrected chi connectivity index (χ0v) is 14.0. The van der Waals surface area contributed by atoms with Crippen LogP contribution in [0.2, 0.25) is 0 Å². The Morgan fingerprint density at radius 2 is 2.08 bits per heavy atom. The molecule has 1 aromatic carbocycles. The average Bonchev–Trinajstić information content (AvgIpc) is 3.17. The second-order valence-corrected chi connectivity index (χ2v) is 7.05. The van der Waals surface area contributed by atoms with Crippen molar-refractivity contribution >= 4 is 5.91 Å². The molecule has 3 aliphatic heterocycles. The lowest BCUT2D eigenvalue weighted by Gasteiger charge is -2.41. The first-order valence-corrected chi connectivity index (χ1v) is 8.58. The molecule has 2 fully saturated rings. The number of carbonyl (C=O) groups is 1. The van der Waals surface area contributed by atoms with Gasteiger partial charge >= 0.3 is 0 Å². The van der Waals surface area contributed by atoms with Gasteiger partial charge in [-0.3, -0.25) is 9.69 Å². The van der Waals surface area contributed by atoms with E-state index in [0.717, 1.165) is 50.5 Å². The van der Waals surface area contributed by atoms with Crippen LogP contribution in [0.25, 0.3) is 0 Å². The molecule has 0 unspecified atom stereocenters. The summed E-state index contributed by atoms with van der Waals surface area (Å²) in [4.78, 5) is 14.5. The number of piperidine rings is 1. The van der Waals surface area contributed by atoms with Gasteiger partial charge in [0.15, 0.2) is 11.5 Å². The fourth-order valence-corrected chi connectivity index (χ4v) is 4.19. The molecule has 0 saturated carbocycles. The maximum Gasteiger partial charge on any atom is 0.231 e. The number of fused-ring (bicyclic) bond motifs is 1. The molecule has 0 bridgehead atoms. The molecule has 1 amide bonds. The normalized spacial score (nSPS) is 25.2. The summed E-state index contributed by atoms with van der Waals surface area (Å²) >= 11 is 0. The lowest BCUT2D eigenvalue weighted by Crippen LogP contribution is -2.45. The Morgan fingerprint density at radius 3 is 2.88 bits per heavy atom. The number of rotatable bonds is 4. The average molecular weight is 332 g/mol. The number of methoxy groups -OCH3 is 1. The summed E-state index contributed by atoms with van der Waals surface area (Å²) in [6.45, 7) is 4.54. The number of ether oxygens (including phenoxy) is 3. The molecular formula is C18H24N2O4. The van der Waals surface area contributed by atoms with Crippen molar-refractivity contribution in [3.8, 4) is 11.5 Å². The van der Waals surface area contributed by atoms with Crippen molar-refractivity contribution in [2.24, 2.45) is 11.3 Å². The maximum absolute atomic E-state index is 12.1. The van der Waals surface area contributed by atoms with Crippen molar-refractivity contribution in [1.29, 1.82) is 0 Å². The van der Waals surface area contributed by atoms with Crippen LogP contribution in [-0.2, 0) is 16.1 Å². The molecule has 130 valence electrons. The highest BCUT2D eigenvalue weighted by molar-refractivity contribution is 5.82. The molecule has 0 aromatic heterocycles. The van der Waals surface area contributed by atoms with E-state index >= 15 is 0 Å². The fourth-order valence-electron chi connectivity index (χ4n) is 4.19. The van der Waals surface area contributed by atoms with Crippen LogP contribution in [0, 0.1) is 11.3 Å². The van der Waals surface area contributed by atoms with Crippen LogP contribution in [0.3, 0.4) is 0 Å². The molecule has 0 aliphatic carbocycles. The van der Waals surface area contributed by atoms with Crippen molar-refractivity contribution < 1.29 is 19.0 Å². The molecule has 0 radical (unpaired) electrons. The number of nitrogens with one attached hydrogen (secondary N) is 1. The van der Waals surface area contributed by atoms with Crippen molar-refractivity contribution in [2.75, 3.05) is 40.1 Å². The largest absolute Gasteiger partial charge is 0.454 e. The number of nitrogens with zero attached hydrogens (tertiary/aromatic N) is 1. The van der Waals surface area contributed by atoms with E-state index < -0.39 is 0 Å². The topological polar surface area (TPSA) is 60.0 Å².